The number of hydrogen-bond donors (Lipinski definition) is 0. The number of hydrogen-bond acceptors (Lipinski definition) is 2. The van der Waals surface area contributed by atoms with E-state index in [1.807, 2.05) is 0 Å². The first-order chi connectivity index (χ1) is 27.3. The molecule has 2 aromatic heterocycles. The highest BCUT2D eigenvalue weighted by molar-refractivity contribution is 6.26. The van der Waals surface area contributed by atoms with Crippen molar-refractivity contribution in [1.82, 2.24) is 4.57 Å². The smallest absolute Gasteiger partial charge is 0.139 e. The van der Waals surface area contributed by atoms with Crippen molar-refractivity contribution in [3.05, 3.63) is 193 Å². The normalized spacial score (nSPS) is 14.1. The highest BCUT2D eigenvalue weighted by Gasteiger charge is 2.28. The van der Waals surface area contributed by atoms with Gasteiger partial charge in [-0.25, -0.2) is 0 Å². The number of benzene rings is 9. The van der Waals surface area contributed by atoms with Crippen molar-refractivity contribution < 1.29 is 9.15 Å². The van der Waals surface area contributed by atoms with Gasteiger partial charge in [-0.3, -0.25) is 0 Å². The minimum absolute atomic E-state index is 0.210. The maximum atomic E-state index is 6.64. The Morgan fingerprint density at radius 1 is 0.455 bits per heavy atom. The van der Waals surface area contributed by atoms with Crippen molar-refractivity contribution in [1.29, 1.82) is 0 Å². The standard InChI is InChI=1S/C52H33NO2/c1-3-14-32(15-4-1)44-31-54-47-30-49-42(29-43(44)47)35-27-26-33(28-48(35)55-49)50-36-18-7-9-20-38(36)51(39-21-10-8-19-37(39)50)41-23-13-25-46-52(41)40-22-11-12-24-45(40)53(46)34-16-5-2-6-17-34/h1-30,44H,31H2. The van der Waals surface area contributed by atoms with Crippen LogP contribution in [0.4, 0.5) is 0 Å². The molecular formula is C52H33NO2. The molecule has 258 valence electrons. The van der Waals surface area contributed by atoms with Gasteiger partial charge in [-0.2, -0.15) is 0 Å². The van der Waals surface area contributed by atoms with Gasteiger partial charge in [0.15, 0.2) is 0 Å². The fourth-order valence-electron chi connectivity index (χ4n) is 9.41. The summed E-state index contributed by atoms with van der Waals surface area (Å²) >= 11 is 0. The van der Waals surface area contributed by atoms with Crippen molar-refractivity contribution >= 4 is 65.3 Å². The van der Waals surface area contributed by atoms with Crippen molar-refractivity contribution in [2.75, 3.05) is 6.61 Å². The van der Waals surface area contributed by atoms with E-state index in [4.69, 9.17) is 9.15 Å². The average molecular weight is 704 g/mol. The SMILES string of the molecule is c1ccc(C2COc3cc4oc5cc(-c6c7ccccc7c(-c7cccc8c7c7ccccc7n8-c7ccccc7)c7ccccc67)ccc5c4cc32)cc1. The van der Waals surface area contributed by atoms with Crippen LogP contribution in [-0.2, 0) is 0 Å². The molecule has 0 amide bonds. The van der Waals surface area contributed by atoms with E-state index in [1.54, 1.807) is 0 Å². The molecule has 3 nitrogen and oxygen atoms in total. The Morgan fingerprint density at radius 3 is 1.82 bits per heavy atom. The second-order valence-electron chi connectivity index (χ2n) is 14.7. The van der Waals surface area contributed by atoms with Crippen LogP contribution in [0.5, 0.6) is 5.75 Å². The average Bonchev–Trinajstić information content (AvgIpc) is 3.93. The van der Waals surface area contributed by atoms with Crippen LogP contribution in [0.3, 0.4) is 0 Å². The predicted octanol–water partition coefficient (Wildman–Crippen LogP) is 13.8. The number of rotatable bonds is 4. The third-order valence-corrected chi connectivity index (χ3v) is 11.8. The molecule has 3 heteroatoms. The summed E-state index contributed by atoms with van der Waals surface area (Å²) in [5, 5.41) is 9.64. The molecule has 1 aliphatic heterocycles. The van der Waals surface area contributed by atoms with Crippen LogP contribution in [0.2, 0.25) is 0 Å². The van der Waals surface area contributed by atoms with Crippen molar-refractivity contribution in [2.24, 2.45) is 0 Å². The number of furan rings is 1. The summed E-state index contributed by atoms with van der Waals surface area (Å²) in [5.74, 6) is 1.12. The monoisotopic (exact) mass is 703 g/mol. The molecule has 1 unspecified atom stereocenters. The predicted molar refractivity (Wildman–Crippen MR) is 228 cm³/mol. The molecule has 0 fully saturated rings. The third kappa shape index (κ3) is 4.44. The molecule has 55 heavy (non-hydrogen) atoms. The second kappa shape index (κ2) is 11.7. The van der Waals surface area contributed by atoms with Crippen LogP contribution in [-0.4, -0.2) is 11.2 Å². The van der Waals surface area contributed by atoms with E-state index >= 15 is 0 Å². The maximum Gasteiger partial charge on any atom is 0.139 e. The summed E-state index contributed by atoms with van der Waals surface area (Å²) in [5.41, 5.74) is 12.6. The first-order valence-electron chi connectivity index (χ1n) is 19.0. The van der Waals surface area contributed by atoms with Crippen molar-refractivity contribution in [3.63, 3.8) is 0 Å². The van der Waals surface area contributed by atoms with Crippen LogP contribution in [0.25, 0.3) is 93.2 Å². The van der Waals surface area contributed by atoms with Gasteiger partial charge in [0.25, 0.3) is 0 Å². The Balaban J connectivity index is 1.09. The van der Waals surface area contributed by atoms with E-state index in [0.29, 0.717) is 6.61 Å². The summed E-state index contributed by atoms with van der Waals surface area (Å²) < 4.78 is 15.3. The van der Waals surface area contributed by atoms with Gasteiger partial charge >= 0.3 is 0 Å². The molecule has 0 spiro atoms. The van der Waals surface area contributed by atoms with Crippen molar-refractivity contribution in [2.45, 2.75) is 5.92 Å². The molecule has 0 aliphatic carbocycles. The molecule has 1 aliphatic rings. The molecule has 12 rings (SSSR count). The third-order valence-electron chi connectivity index (χ3n) is 11.8. The lowest BCUT2D eigenvalue weighted by atomic mass is 9.85. The largest absolute Gasteiger partial charge is 0.492 e. The van der Waals surface area contributed by atoms with Gasteiger partial charge in [-0.1, -0.05) is 133 Å². The van der Waals surface area contributed by atoms with E-state index in [0.717, 1.165) is 38.9 Å². The molecule has 9 aromatic carbocycles. The lowest BCUT2D eigenvalue weighted by molar-refractivity contribution is 0.343. The molecular weight excluding hydrogens is 671 g/mol. The summed E-state index contributed by atoms with van der Waals surface area (Å²) in [4.78, 5) is 0. The zero-order chi connectivity index (χ0) is 36.0. The molecule has 0 radical (unpaired) electrons. The van der Waals surface area contributed by atoms with Gasteiger partial charge in [-0.05, 0) is 91.8 Å². The summed E-state index contributed by atoms with van der Waals surface area (Å²) in [6.45, 7) is 0.647. The van der Waals surface area contributed by atoms with E-state index < -0.39 is 0 Å². The molecule has 1 atom stereocenters. The zero-order valence-electron chi connectivity index (χ0n) is 29.9. The number of nitrogens with zero attached hydrogens (tertiary/aromatic N) is 1. The first-order valence-corrected chi connectivity index (χ1v) is 19.0. The number of ether oxygens (including phenoxy) is 1. The molecule has 11 aromatic rings. The van der Waals surface area contributed by atoms with Gasteiger partial charge in [0, 0.05) is 44.8 Å². The fraction of sp³-hybridized carbons (Fsp3) is 0.0385. The fourth-order valence-corrected chi connectivity index (χ4v) is 9.41. The van der Waals surface area contributed by atoms with Crippen molar-refractivity contribution in [3.8, 4) is 33.7 Å². The van der Waals surface area contributed by atoms with E-state index in [2.05, 4.69) is 187 Å². The van der Waals surface area contributed by atoms with Crippen LogP contribution >= 0.6 is 0 Å². The zero-order valence-corrected chi connectivity index (χ0v) is 29.9. The van der Waals surface area contributed by atoms with Gasteiger partial charge in [0.05, 0.1) is 17.6 Å². The lowest BCUT2D eigenvalue weighted by Crippen LogP contribution is -2.01. The van der Waals surface area contributed by atoms with E-state index in [9.17, 15) is 0 Å². The highest BCUT2D eigenvalue weighted by atomic mass is 16.5. The maximum absolute atomic E-state index is 6.64. The van der Waals surface area contributed by atoms with Crippen LogP contribution in [0, 0.1) is 0 Å². The Morgan fingerprint density at radius 2 is 1.07 bits per heavy atom. The topological polar surface area (TPSA) is 27.3 Å². The van der Waals surface area contributed by atoms with E-state index in [1.165, 1.54) is 71.2 Å². The Kier molecular flexibility index (Phi) is 6.46. The Labute approximate surface area is 317 Å². The molecule has 3 heterocycles. The Bertz CT molecular complexity index is 3260. The molecule has 0 saturated heterocycles. The van der Waals surface area contributed by atoms with Gasteiger partial charge in [0.2, 0.25) is 0 Å². The van der Waals surface area contributed by atoms with Crippen LogP contribution < -0.4 is 4.74 Å². The number of fused-ring (bicyclic) bond motifs is 9. The number of aromatic nitrogens is 1. The van der Waals surface area contributed by atoms with Crippen LogP contribution in [0.1, 0.15) is 17.0 Å². The minimum atomic E-state index is 0.210. The molecule has 0 bridgehead atoms. The number of para-hydroxylation sites is 2. The lowest BCUT2D eigenvalue weighted by Gasteiger charge is -2.18. The van der Waals surface area contributed by atoms with Gasteiger partial charge in [0.1, 0.15) is 16.9 Å². The molecule has 0 saturated carbocycles. The summed E-state index contributed by atoms with van der Waals surface area (Å²) in [7, 11) is 0. The van der Waals surface area contributed by atoms with E-state index in [-0.39, 0.29) is 5.92 Å². The second-order valence-corrected chi connectivity index (χ2v) is 14.7. The first kappa shape index (κ1) is 30.4. The van der Waals surface area contributed by atoms with Gasteiger partial charge < -0.3 is 13.7 Å². The minimum Gasteiger partial charge on any atom is -0.492 e. The van der Waals surface area contributed by atoms with Gasteiger partial charge in [-0.15, -0.1) is 0 Å². The summed E-state index contributed by atoms with van der Waals surface area (Å²) in [6, 6.07) is 65.9. The summed E-state index contributed by atoms with van der Waals surface area (Å²) in [6.07, 6.45) is 0. The highest BCUT2D eigenvalue weighted by Crippen LogP contribution is 2.49. The molecule has 0 N–H and O–H groups in total. The quantitative estimate of drug-likeness (QED) is 0.171. The van der Waals surface area contributed by atoms with Crippen LogP contribution in [0.15, 0.2) is 186 Å². The Hall–Kier alpha value is -7.10.